The molecule has 0 aliphatic carbocycles. The Morgan fingerprint density at radius 3 is 2.19 bits per heavy atom. The maximum atomic E-state index is 11.8. The molecule has 0 spiro atoms. The van der Waals surface area contributed by atoms with Crippen LogP contribution in [0.3, 0.4) is 0 Å². The molecule has 0 radical (unpaired) electrons. The van der Waals surface area contributed by atoms with Gasteiger partial charge >= 0.3 is 0 Å². The molecular formula is C19H27NO. The molecule has 114 valence electrons. The van der Waals surface area contributed by atoms with Gasteiger partial charge in [0.1, 0.15) is 0 Å². The fourth-order valence-electron chi connectivity index (χ4n) is 2.08. The molecule has 0 atom stereocenters. The summed E-state index contributed by atoms with van der Waals surface area (Å²) in [5, 5.41) is 0. The molecule has 21 heavy (non-hydrogen) atoms. The molecule has 1 rings (SSSR count). The van der Waals surface area contributed by atoms with Crippen LogP contribution in [0.4, 0.5) is 5.69 Å². The van der Waals surface area contributed by atoms with Crippen molar-refractivity contribution in [2.75, 3.05) is 11.4 Å². The number of amides is 1. The van der Waals surface area contributed by atoms with E-state index in [2.05, 4.69) is 39.8 Å². The van der Waals surface area contributed by atoms with E-state index in [1.165, 1.54) is 16.7 Å². The minimum atomic E-state index is 0.0761. The van der Waals surface area contributed by atoms with Crippen molar-refractivity contribution in [2.45, 2.75) is 47.5 Å². The molecule has 0 aliphatic heterocycles. The van der Waals surface area contributed by atoms with Crippen LogP contribution in [0.15, 0.2) is 47.6 Å². The fourth-order valence-corrected chi connectivity index (χ4v) is 2.08. The second kappa shape index (κ2) is 8.46. The zero-order valence-electron chi connectivity index (χ0n) is 13.9. The SMILES string of the molecule is CC(=O)N(C/C=C(\C)CCC=C(C)C)c1ccc(C)cc1. The number of anilines is 1. The average Bonchev–Trinajstić information content (AvgIpc) is 2.40. The summed E-state index contributed by atoms with van der Waals surface area (Å²) in [6.45, 7) is 10.7. The molecule has 0 heterocycles. The van der Waals surface area contributed by atoms with Gasteiger partial charge in [-0.25, -0.2) is 0 Å². The topological polar surface area (TPSA) is 20.3 Å². The third-order valence-electron chi connectivity index (χ3n) is 3.44. The summed E-state index contributed by atoms with van der Waals surface area (Å²) in [5.74, 6) is 0.0761. The number of benzene rings is 1. The van der Waals surface area contributed by atoms with Crippen LogP contribution in [0.2, 0.25) is 0 Å². The van der Waals surface area contributed by atoms with Gasteiger partial charge < -0.3 is 4.90 Å². The Kier molecular flexibility index (Phi) is 6.93. The van der Waals surface area contributed by atoms with Crippen molar-refractivity contribution < 1.29 is 4.79 Å². The van der Waals surface area contributed by atoms with Gasteiger partial charge in [-0.15, -0.1) is 0 Å². The first-order chi connectivity index (χ1) is 9.90. The Morgan fingerprint density at radius 2 is 1.67 bits per heavy atom. The maximum absolute atomic E-state index is 11.8. The highest BCUT2D eigenvalue weighted by Gasteiger charge is 2.09. The minimum Gasteiger partial charge on any atom is -0.309 e. The lowest BCUT2D eigenvalue weighted by Crippen LogP contribution is -2.28. The quantitative estimate of drug-likeness (QED) is 0.670. The van der Waals surface area contributed by atoms with Crippen molar-refractivity contribution in [1.82, 2.24) is 0 Å². The third-order valence-corrected chi connectivity index (χ3v) is 3.44. The zero-order valence-corrected chi connectivity index (χ0v) is 13.9. The number of hydrogen-bond acceptors (Lipinski definition) is 1. The van der Waals surface area contributed by atoms with Crippen molar-refractivity contribution in [3.8, 4) is 0 Å². The van der Waals surface area contributed by atoms with Crippen molar-refractivity contribution in [3.63, 3.8) is 0 Å². The van der Waals surface area contributed by atoms with Crippen LogP contribution in [0.25, 0.3) is 0 Å². The lowest BCUT2D eigenvalue weighted by Gasteiger charge is -2.20. The molecule has 0 aromatic heterocycles. The van der Waals surface area contributed by atoms with Crippen molar-refractivity contribution in [3.05, 3.63) is 53.1 Å². The van der Waals surface area contributed by atoms with Gasteiger partial charge in [-0.05, 0) is 52.7 Å². The van der Waals surface area contributed by atoms with E-state index >= 15 is 0 Å². The molecule has 2 nitrogen and oxygen atoms in total. The number of rotatable bonds is 6. The minimum absolute atomic E-state index is 0.0761. The summed E-state index contributed by atoms with van der Waals surface area (Å²) >= 11 is 0. The van der Waals surface area contributed by atoms with Crippen LogP contribution in [0.1, 0.15) is 46.1 Å². The van der Waals surface area contributed by atoms with Crippen molar-refractivity contribution in [1.29, 1.82) is 0 Å². The van der Waals surface area contributed by atoms with Crippen LogP contribution < -0.4 is 4.90 Å². The molecule has 1 aromatic carbocycles. The number of nitrogens with zero attached hydrogens (tertiary/aromatic N) is 1. The van der Waals surface area contributed by atoms with Crippen LogP contribution in [0, 0.1) is 6.92 Å². The first kappa shape index (κ1) is 17.2. The fraction of sp³-hybridized carbons (Fsp3) is 0.421. The molecule has 1 aromatic rings. The number of allylic oxidation sites excluding steroid dienone is 3. The number of carbonyl (C=O) groups is 1. The molecule has 0 bridgehead atoms. The van der Waals surface area contributed by atoms with Gasteiger partial charge in [0.2, 0.25) is 5.91 Å². The number of hydrogen-bond donors (Lipinski definition) is 0. The Balaban J connectivity index is 2.69. The Hall–Kier alpha value is -1.83. The normalized spacial score (nSPS) is 11.2. The van der Waals surface area contributed by atoms with Crippen molar-refractivity contribution >= 4 is 11.6 Å². The monoisotopic (exact) mass is 285 g/mol. The summed E-state index contributed by atoms with van der Waals surface area (Å²) in [6.07, 6.45) is 6.51. The van der Waals surface area contributed by atoms with Crippen molar-refractivity contribution in [2.24, 2.45) is 0 Å². The number of carbonyl (C=O) groups excluding carboxylic acids is 1. The Morgan fingerprint density at radius 1 is 1.05 bits per heavy atom. The largest absolute Gasteiger partial charge is 0.309 e. The Bertz CT molecular complexity index is 519. The maximum Gasteiger partial charge on any atom is 0.224 e. The molecule has 1 amide bonds. The second-order valence-electron chi connectivity index (χ2n) is 5.84. The van der Waals surface area contributed by atoms with Gasteiger partial charge in [-0.3, -0.25) is 4.79 Å². The molecule has 0 fully saturated rings. The highest BCUT2D eigenvalue weighted by atomic mass is 16.2. The van der Waals surface area contributed by atoms with Crippen LogP contribution in [-0.2, 0) is 4.79 Å². The van der Waals surface area contributed by atoms with Gasteiger partial charge in [0.25, 0.3) is 0 Å². The van der Waals surface area contributed by atoms with E-state index in [4.69, 9.17) is 0 Å². The third kappa shape index (κ3) is 6.44. The van der Waals surface area contributed by atoms with E-state index in [1.807, 2.05) is 29.2 Å². The predicted octanol–water partition coefficient (Wildman–Crippen LogP) is 5.04. The zero-order chi connectivity index (χ0) is 15.8. The molecule has 0 aliphatic rings. The summed E-state index contributed by atoms with van der Waals surface area (Å²) < 4.78 is 0. The lowest BCUT2D eigenvalue weighted by molar-refractivity contribution is -0.116. The highest BCUT2D eigenvalue weighted by molar-refractivity contribution is 5.91. The molecular weight excluding hydrogens is 258 g/mol. The van der Waals surface area contributed by atoms with Gasteiger partial charge in [-0.2, -0.15) is 0 Å². The van der Waals surface area contributed by atoms with Crippen LogP contribution in [-0.4, -0.2) is 12.5 Å². The smallest absolute Gasteiger partial charge is 0.224 e. The van der Waals surface area contributed by atoms with E-state index in [0.717, 1.165) is 18.5 Å². The van der Waals surface area contributed by atoms with E-state index in [9.17, 15) is 4.79 Å². The Labute approximate surface area is 129 Å². The van der Waals surface area contributed by atoms with E-state index in [0.29, 0.717) is 6.54 Å². The first-order valence-electron chi connectivity index (χ1n) is 7.54. The average molecular weight is 285 g/mol. The molecule has 0 unspecified atom stereocenters. The van der Waals surface area contributed by atoms with Gasteiger partial charge in [0.15, 0.2) is 0 Å². The molecule has 0 saturated heterocycles. The standard InChI is InChI=1S/C19H27NO/c1-15(2)7-6-8-16(3)13-14-20(18(5)21)19-11-9-17(4)10-12-19/h7,9-13H,6,8,14H2,1-5H3/b16-13+. The molecule has 0 saturated carbocycles. The number of aryl methyl sites for hydroxylation is 1. The van der Waals surface area contributed by atoms with Crippen LogP contribution in [0.5, 0.6) is 0 Å². The van der Waals surface area contributed by atoms with Gasteiger partial charge in [-0.1, -0.05) is 41.0 Å². The lowest BCUT2D eigenvalue weighted by atomic mass is 10.1. The second-order valence-corrected chi connectivity index (χ2v) is 5.84. The highest BCUT2D eigenvalue weighted by Crippen LogP contribution is 2.16. The summed E-state index contributed by atoms with van der Waals surface area (Å²) in [5.41, 5.74) is 4.84. The summed E-state index contributed by atoms with van der Waals surface area (Å²) in [4.78, 5) is 13.6. The van der Waals surface area contributed by atoms with E-state index < -0.39 is 0 Å². The summed E-state index contributed by atoms with van der Waals surface area (Å²) in [6, 6.07) is 8.08. The first-order valence-corrected chi connectivity index (χ1v) is 7.54. The van der Waals surface area contributed by atoms with E-state index in [1.54, 1.807) is 6.92 Å². The molecule has 0 N–H and O–H groups in total. The van der Waals surface area contributed by atoms with Gasteiger partial charge in [0.05, 0.1) is 0 Å². The summed E-state index contributed by atoms with van der Waals surface area (Å²) in [7, 11) is 0. The molecule has 2 heteroatoms. The van der Waals surface area contributed by atoms with E-state index in [-0.39, 0.29) is 5.91 Å². The predicted molar refractivity (Wildman–Crippen MR) is 91.6 cm³/mol. The van der Waals surface area contributed by atoms with Crippen LogP contribution >= 0.6 is 0 Å². The van der Waals surface area contributed by atoms with Gasteiger partial charge in [0, 0.05) is 19.2 Å².